The van der Waals surface area contributed by atoms with Gasteiger partial charge in [-0.3, -0.25) is 4.79 Å². The fraction of sp³-hybridized carbons (Fsp3) is 0.300. The van der Waals surface area contributed by atoms with Gasteiger partial charge in [0.05, 0.1) is 26.5 Å². The first-order chi connectivity index (χ1) is 14.6. The second-order valence-electron chi connectivity index (χ2n) is 6.12. The van der Waals surface area contributed by atoms with Crippen molar-refractivity contribution in [2.24, 2.45) is 0 Å². The Balaban J connectivity index is 2.56. The molecule has 0 saturated carbocycles. The number of methoxy groups -OCH3 is 2. The number of ether oxygens (including phenoxy) is 3. The largest absolute Gasteiger partial charge is 0.497 e. The van der Waals surface area contributed by atoms with Crippen molar-refractivity contribution >= 4 is 29.2 Å². The molecule has 1 amide bonds. The molecule has 1 atom stereocenters. The molecule has 2 N–H and O–H groups in total. The highest BCUT2D eigenvalue weighted by atomic mass is 35.5. The van der Waals surface area contributed by atoms with Gasteiger partial charge >= 0.3 is 17.8 Å². The van der Waals surface area contributed by atoms with E-state index in [2.05, 4.69) is 4.74 Å². The monoisotopic (exact) mass is 460 g/mol. The molecule has 0 saturated heterocycles. The highest BCUT2D eigenvalue weighted by Gasteiger charge is 2.64. The quantitative estimate of drug-likeness (QED) is 0.457. The molecule has 7 nitrogen and oxygen atoms in total. The lowest BCUT2D eigenvalue weighted by Gasteiger charge is -2.35. The lowest BCUT2D eigenvalue weighted by atomic mass is 10.1. The maximum absolute atomic E-state index is 14.3. The predicted molar refractivity (Wildman–Crippen MR) is 108 cm³/mol. The third-order valence-electron chi connectivity index (χ3n) is 4.14. The lowest BCUT2D eigenvalue weighted by Crippen LogP contribution is -2.69. The third kappa shape index (κ3) is 5.32. The van der Waals surface area contributed by atoms with E-state index in [-0.39, 0.29) is 28.6 Å². The molecule has 0 spiro atoms. The van der Waals surface area contributed by atoms with Crippen molar-refractivity contribution in [1.29, 1.82) is 0 Å². The molecule has 168 valence electrons. The molecule has 2 aromatic carbocycles. The van der Waals surface area contributed by atoms with Crippen LogP contribution in [0.5, 0.6) is 11.5 Å². The van der Waals surface area contributed by atoms with Gasteiger partial charge in [0.15, 0.2) is 0 Å². The lowest BCUT2D eigenvalue weighted by molar-refractivity contribution is -0.204. The Labute approximate surface area is 181 Å². The number of esters is 1. The minimum Gasteiger partial charge on any atom is -0.497 e. The molecule has 2 aromatic rings. The van der Waals surface area contributed by atoms with Crippen molar-refractivity contribution < 1.29 is 37.0 Å². The molecule has 11 heteroatoms. The number of amides is 1. The van der Waals surface area contributed by atoms with Gasteiger partial charge in [0.2, 0.25) is 0 Å². The van der Waals surface area contributed by atoms with Crippen molar-refractivity contribution in [3.8, 4) is 11.5 Å². The number of hydrogen-bond donors (Lipinski definition) is 2. The molecule has 0 heterocycles. The number of carbonyl (C=O) groups excluding carboxylic acids is 2. The number of benzene rings is 2. The molecule has 2 rings (SSSR count). The van der Waals surface area contributed by atoms with Gasteiger partial charge in [-0.05, 0) is 49.4 Å². The number of anilines is 1. The van der Waals surface area contributed by atoms with Gasteiger partial charge in [-0.15, -0.1) is 0 Å². The van der Waals surface area contributed by atoms with E-state index in [0.717, 1.165) is 6.07 Å². The molecule has 0 aliphatic heterocycles. The molecular formula is C20H20ClF3N2O5. The Morgan fingerprint density at radius 2 is 1.68 bits per heavy atom. The summed E-state index contributed by atoms with van der Waals surface area (Å²) in [6, 6.07) is 9.10. The summed E-state index contributed by atoms with van der Waals surface area (Å²) in [5, 5.41) is 3.85. The van der Waals surface area contributed by atoms with Crippen LogP contribution in [0.1, 0.15) is 17.3 Å². The van der Waals surface area contributed by atoms with Crippen molar-refractivity contribution in [1.82, 2.24) is 5.32 Å². The zero-order valence-electron chi connectivity index (χ0n) is 16.8. The molecule has 0 aliphatic rings. The van der Waals surface area contributed by atoms with Crippen molar-refractivity contribution in [3.63, 3.8) is 0 Å². The predicted octanol–water partition coefficient (Wildman–Crippen LogP) is 4.02. The first-order valence-corrected chi connectivity index (χ1v) is 9.28. The number of rotatable bonds is 8. The Kier molecular flexibility index (Phi) is 7.61. The molecule has 0 aromatic heterocycles. The van der Waals surface area contributed by atoms with Gasteiger partial charge < -0.3 is 24.8 Å². The van der Waals surface area contributed by atoms with Crippen LogP contribution in [0, 0.1) is 0 Å². The summed E-state index contributed by atoms with van der Waals surface area (Å²) in [7, 11) is 2.62. The van der Waals surface area contributed by atoms with Crippen molar-refractivity contribution in [2.75, 3.05) is 26.1 Å². The van der Waals surface area contributed by atoms with Crippen LogP contribution in [0.2, 0.25) is 5.02 Å². The first kappa shape index (κ1) is 24.1. The van der Waals surface area contributed by atoms with Gasteiger partial charge in [-0.1, -0.05) is 11.6 Å². The van der Waals surface area contributed by atoms with Gasteiger partial charge in [-0.2, -0.15) is 13.2 Å². The molecule has 31 heavy (non-hydrogen) atoms. The molecule has 0 fully saturated rings. The normalized spacial score (nSPS) is 13.0. The number of hydrogen-bond acceptors (Lipinski definition) is 6. The second-order valence-corrected chi connectivity index (χ2v) is 6.56. The molecule has 0 bridgehead atoms. The fourth-order valence-electron chi connectivity index (χ4n) is 2.59. The summed E-state index contributed by atoms with van der Waals surface area (Å²) < 4.78 is 57.5. The summed E-state index contributed by atoms with van der Waals surface area (Å²) in [5.74, 6) is -2.58. The minimum absolute atomic E-state index is 0.0407. The van der Waals surface area contributed by atoms with Crippen LogP contribution < -0.4 is 20.1 Å². The fourth-order valence-corrected chi connectivity index (χ4v) is 2.77. The molecule has 0 aliphatic carbocycles. The van der Waals surface area contributed by atoms with Crippen LogP contribution in [0.4, 0.5) is 18.9 Å². The molecule has 0 unspecified atom stereocenters. The van der Waals surface area contributed by atoms with E-state index in [0.29, 0.717) is 5.75 Å². The maximum Gasteiger partial charge on any atom is 0.441 e. The highest BCUT2D eigenvalue weighted by Crippen LogP contribution is 2.37. The summed E-state index contributed by atoms with van der Waals surface area (Å²) in [6.45, 7) is 0.980. The zero-order chi connectivity index (χ0) is 23.2. The highest BCUT2D eigenvalue weighted by molar-refractivity contribution is 6.31. The third-order valence-corrected chi connectivity index (χ3v) is 4.38. The van der Waals surface area contributed by atoms with E-state index in [1.165, 1.54) is 57.5 Å². The summed E-state index contributed by atoms with van der Waals surface area (Å²) in [4.78, 5) is 25.2. The first-order valence-electron chi connectivity index (χ1n) is 8.90. The van der Waals surface area contributed by atoms with E-state index < -0.39 is 23.7 Å². The van der Waals surface area contributed by atoms with Crippen LogP contribution in [0.25, 0.3) is 0 Å². The average Bonchev–Trinajstić information content (AvgIpc) is 2.72. The number of halogens is 4. The van der Waals surface area contributed by atoms with E-state index in [1.54, 1.807) is 5.32 Å². The maximum atomic E-state index is 14.3. The van der Waals surface area contributed by atoms with Gasteiger partial charge in [0.25, 0.3) is 5.91 Å². The van der Waals surface area contributed by atoms with Crippen molar-refractivity contribution in [2.45, 2.75) is 18.8 Å². The summed E-state index contributed by atoms with van der Waals surface area (Å²) in [5.41, 5.74) is -4.05. The van der Waals surface area contributed by atoms with Crippen LogP contribution >= 0.6 is 11.6 Å². The number of carbonyl (C=O) groups is 2. The van der Waals surface area contributed by atoms with E-state index in [9.17, 15) is 22.8 Å². The molecular weight excluding hydrogens is 441 g/mol. The van der Waals surface area contributed by atoms with Crippen LogP contribution in [-0.2, 0) is 9.53 Å². The Morgan fingerprint density at radius 1 is 1.03 bits per heavy atom. The Morgan fingerprint density at radius 3 is 2.19 bits per heavy atom. The second kappa shape index (κ2) is 9.78. The van der Waals surface area contributed by atoms with Crippen LogP contribution in [0.3, 0.4) is 0 Å². The Bertz CT molecular complexity index is 937. The van der Waals surface area contributed by atoms with Crippen LogP contribution in [0.15, 0.2) is 42.5 Å². The van der Waals surface area contributed by atoms with E-state index in [4.69, 9.17) is 21.1 Å². The summed E-state index contributed by atoms with van der Waals surface area (Å²) >= 11 is 5.90. The van der Waals surface area contributed by atoms with Crippen molar-refractivity contribution in [3.05, 3.63) is 53.1 Å². The molecule has 0 radical (unpaired) electrons. The summed E-state index contributed by atoms with van der Waals surface area (Å²) in [6.07, 6.45) is -5.31. The van der Waals surface area contributed by atoms with Gasteiger partial charge in [0, 0.05) is 10.6 Å². The van der Waals surface area contributed by atoms with E-state index >= 15 is 0 Å². The SMILES string of the molecule is CCOC(=O)[C@](NC(=O)c1ccc(OC)cc1)(Nc1cc(Cl)ccc1OC)C(F)(F)F. The number of nitrogens with one attached hydrogen (secondary N) is 2. The number of alkyl halides is 3. The standard InChI is InChI=1S/C20H20ClF3N2O5/c1-4-31-18(28)19(20(22,23)24,25-15-11-13(21)7-10-16(15)30-3)26-17(27)12-5-8-14(29-2)9-6-12/h5-11,25H,4H2,1-3H3,(H,26,27)/t19-/m1/s1. The van der Waals surface area contributed by atoms with E-state index in [1.807, 2.05) is 5.32 Å². The van der Waals surface area contributed by atoms with Crippen LogP contribution in [-0.4, -0.2) is 44.5 Å². The van der Waals surface area contributed by atoms with Gasteiger partial charge in [-0.25, -0.2) is 4.79 Å². The Hall–Kier alpha value is -3.14. The average molecular weight is 461 g/mol. The topological polar surface area (TPSA) is 85.9 Å². The minimum atomic E-state index is -5.31. The van der Waals surface area contributed by atoms with Gasteiger partial charge in [0.1, 0.15) is 11.5 Å². The smallest absolute Gasteiger partial charge is 0.441 e. The zero-order valence-corrected chi connectivity index (χ0v) is 17.6.